The number of aliphatic hydroxyl groups is 1. The van der Waals surface area contributed by atoms with Crippen LogP contribution in [0, 0.1) is 0 Å². The Labute approximate surface area is 123 Å². The Kier molecular flexibility index (Phi) is 7.93. The Morgan fingerprint density at radius 2 is 1.95 bits per heavy atom. The summed E-state index contributed by atoms with van der Waals surface area (Å²) in [6, 6.07) is 0. The number of rotatable bonds is 10. The van der Waals surface area contributed by atoms with Crippen LogP contribution >= 0.6 is 7.94 Å². The van der Waals surface area contributed by atoms with E-state index in [1.54, 1.807) is 12.2 Å². The summed E-state index contributed by atoms with van der Waals surface area (Å²) < 4.78 is 11.1. The van der Waals surface area contributed by atoms with Gasteiger partial charge in [0.05, 0.1) is 0 Å². The topological polar surface area (TPSA) is 58.9 Å². The average Bonchev–Trinajstić information content (AvgIpc) is 2.39. The maximum absolute atomic E-state index is 10.6. The summed E-state index contributed by atoms with van der Waals surface area (Å²) >= 11 is 0. The van der Waals surface area contributed by atoms with Gasteiger partial charge in [-0.1, -0.05) is 0 Å². The van der Waals surface area contributed by atoms with Crippen LogP contribution in [-0.4, -0.2) is 35.0 Å². The minimum atomic E-state index is -3.30. The molecule has 0 amide bonds. The number of unbranched alkanes of at least 4 members (excludes halogenated alkanes) is 3. The van der Waals surface area contributed by atoms with E-state index in [9.17, 15) is 10.00 Å². The molecular formula is C15H29O4P. The molecule has 0 spiro atoms. The fourth-order valence-electron chi connectivity index (χ4n) is 2.30. The van der Waals surface area contributed by atoms with E-state index in [4.69, 9.17) is 9.05 Å². The van der Waals surface area contributed by atoms with Crippen molar-refractivity contribution in [2.75, 3.05) is 19.4 Å². The Hall–Kier alpha value is -0.250. The second-order valence-corrected chi connectivity index (χ2v) is 7.68. The van der Waals surface area contributed by atoms with Gasteiger partial charge in [-0.05, 0) is 0 Å². The zero-order valence-corrected chi connectivity index (χ0v) is 13.7. The Morgan fingerprint density at radius 3 is 2.55 bits per heavy atom. The molecule has 5 heteroatoms. The SMILES string of the molecule is CCCCCCO[PH](O)(CC1(O)C=CC=CC1)OCC. The fourth-order valence-corrected chi connectivity index (χ4v) is 4.54. The van der Waals surface area contributed by atoms with E-state index in [1.807, 2.05) is 19.1 Å². The number of hydrogen-bond acceptors (Lipinski definition) is 4. The van der Waals surface area contributed by atoms with Crippen LogP contribution in [0.2, 0.25) is 0 Å². The Morgan fingerprint density at radius 1 is 1.15 bits per heavy atom. The first-order valence-corrected chi connectivity index (χ1v) is 9.58. The first-order chi connectivity index (χ1) is 9.54. The zero-order valence-electron chi connectivity index (χ0n) is 12.7. The van der Waals surface area contributed by atoms with Crippen LogP contribution in [-0.2, 0) is 9.05 Å². The van der Waals surface area contributed by atoms with E-state index in [0.717, 1.165) is 12.8 Å². The van der Waals surface area contributed by atoms with Crippen molar-refractivity contribution in [3.63, 3.8) is 0 Å². The van der Waals surface area contributed by atoms with Crippen molar-refractivity contribution in [1.29, 1.82) is 0 Å². The van der Waals surface area contributed by atoms with Crippen LogP contribution in [0.15, 0.2) is 24.3 Å². The van der Waals surface area contributed by atoms with Gasteiger partial charge >= 0.3 is 122 Å². The predicted molar refractivity (Wildman–Crippen MR) is 85.0 cm³/mol. The van der Waals surface area contributed by atoms with E-state index >= 15 is 0 Å². The van der Waals surface area contributed by atoms with E-state index < -0.39 is 13.5 Å². The van der Waals surface area contributed by atoms with Gasteiger partial charge in [0.1, 0.15) is 0 Å². The molecule has 0 radical (unpaired) electrons. The molecule has 20 heavy (non-hydrogen) atoms. The van der Waals surface area contributed by atoms with E-state index in [1.165, 1.54) is 12.8 Å². The van der Waals surface area contributed by atoms with Crippen LogP contribution < -0.4 is 0 Å². The van der Waals surface area contributed by atoms with Gasteiger partial charge in [-0.2, -0.15) is 0 Å². The molecule has 1 atom stereocenters. The molecular weight excluding hydrogens is 275 g/mol. The Bertz CT molecular complexity index is 332. The zero-order chi connectivity index (χ0) is 14.9. The van der Waals surface area contributed by atoms with Gasteiger partial charge in [-0.3, -0.25) is 0 Å². The first-order valence-electron chi connectivity index (χ1n) is 7.60. The standard InChI is InChI=1S/C15H29O4P/c1-3-5-6-10-13-19-20(17,18-4-2)14-15(16)11-8-7-9-12-15/h7-9,11,16-17,20H,3-6,10,12-14H2,1-2H3. The van der Waals surface area contributed by atoms with Crippen LogP contribution in [0.25, 0.3) is 0 Å². The molecule has 118 valence electrons. The van der Waals surface area contributed by atoms with Gasteiger partial charge in [-0.15, -0.1) is 0 Å². The molecule has 0 heterocycles. The molecule has 0 saturated heterocycles. The third kappa shape index (κ3) is 6.47. The van der Waals surface area contributed by atoms with Crippen LogP contribution in [0.3, 0.4) is 0 Å². The maximum atomic E-state index is 10.6. The summed E-state index contributed by atoms with van der Waals surface area (Å²) in [5.41, 5.74) is -1.05. The minimum absolute atomic E-state index is 0.155. The first kappa shape index (κ1) is 17.8. The van der Waals surface area contributed by atoms with Crippen molar-refractivity contribution >= 4 is 7.94 Å². The molecule has 0 aromatic carbocycles. The molecule has 4 nitrogen and oxygen atoms in total. The molecule has 1 aliphatic rings. The second kappa shape index (κ2) is 8.91. The monoisotopic (exact) mass is 304 g/mol. The predicted octanol–water partition coefficient (Wildman–Crippen LogP) is 3.35. The fraction of sp³-hybridized carbons (Fsp3) is 0.733. The van der Waals surface area contributed by atoms with Gasteiger partial charge in [0.15, 0.2) is 0 Å². The van der Waals surface area contributed by atoms with Gasteiger partial charge in [0.25, 0.3) is 0 Å². The van der Waals surface area contributed by atoms with Gasteiger partial charge in [0, 0.05) is 0 Å². The van der Waals surface area contributed by atoms with Crippen molar-refractivity contribution in [1.82, 2.24) is 0 Å². The van der Waals surface area contributed by atoms with Crippen molar-refractivity contribution < 1.29 is 19.0 Å². The molecule has 2 N–H and O–H groups in total. The van der Waals surface area contributed by atoms with Crippen molar-refractivity contribution in [3.05, 3.63) is 24.3 Å². The van der Waals surface area contributed by atoms with Crippen LogP contribution in [0.4, 0.5) is 0 Å². The number of hydrogen-bond donors (Lipinski definition) is 2. The molecule has 0 bridgehead atoms. The Balaban J connectivity index is 2.48. The van der Waals surface area contributed by atoms with E-state index in [2.05, 4.69) is 6.92 Å². The molecule has 1 unspecified atom stereocenters. The number of allylic oxidation sites excluding steroid dienone is 2. The normalized spacial score (nSPS) is 23.2. The van der Waals surface area contributed by atoms with Gasteiger partial charge in [0.2, 0.25) is 0 Å². The van der Waals surface area contributed by atoms with Crippen molar-refractivity contribution in [3.8, 4) is 0 Å². The van der Waals surface area contributed by atoms with Crippen LogP contribution in [0.1, 0.15) is 46.0 Å². The van der Waals surface area contributed by atoms with Crippen molar-refractivity contribution in [2.24, 2.45) is 0 Å². The summed E-state index contributed by atoms with van der Waals surface area (Å²) in [5, 5.41) is 10.5. The van der Waals surface area contributed by atoms with E-state index in [-0.39, 0.29) is 6.16 Å². The summed E-state index contributed by atoms with van der Waals surface area (Å²) in [6.07, 6.45) is 12.3. The van der Waals surface area contributed by atoms with Gasteiger partial charge in [-0.25, -0.2) is 0 Å². The summed E-state index contributed by atoms with van der Waals surface area (Å²) in [6.45, 7) is 4.88. The molecule has 1 aliphatic carbocycles. The molecule has 0 aromatic heterocycles. The van der Waals surface area contributed by atoms with Gasteiger partial charge < -0.3 is 0 Å². The summed E-state index contributed by atoms with van der Waals surface area (Å²) in [5.74, 6) is 0. The molecule has 0 aromatic rings. The third-order valence-corrected chi connectivity index (χ3v) is 5.80. The molecule has 0 saturated carbocycles. The quantitative estimate of drug-likeness (QED) is 0.480. The van der Waals surface area contributed by atoms with Crippen molar-refractivity contribution in [2.45, 2.75) is 51.6 Å². The second-order valence-electron chi connectivity index (χ2n) is 5.33. The molecule has 0 fully saturated rings. The summed E-state index contributed by atoms with van der Waals surface area (Å²) in [7, 11) is -3.30. The van der Waals surface area contributed by atoms with Crippen LogP contribution in [0.5, 0.6) is 0 Å². The summed E-state index contributed by atoms with van der Waals surface area (Å²) in [4.78, 5) is 10.6. The average molecular weight is 304 g/mol. The molecule has 0 aliphatic heterocycles. The van der Waals surface area contributed by atoms with E-state index in [0.29, 0.717) is 19.6 Å². The molecule has 1 rings (SSSR count). The third-order valence-electron chi connectivity index (χ3n) is 3.35.